The quantitative estimate of drug-likeness (QED) is 0.888. The van der Waals surface area contributed by atoms with Crippen LogP contribution >= 0.6 is 0 Å². The molecule has 0 saturated carbocycles. The fourth-order valence-corrected chi connectivity index (χ4v) is 2.97. The maximum Gasteiger partial charge on any atom is 0.241 e. The van der Waals surface area contributed by atoms with Crippen LogP contribution in [0.4, 0.5) is 0 Å². The first-order chi connectivity index (χ1) is 9.60. The zero-order chi connectivity index (χ0) is 14.5. The Balaban J connectivity index is 1.81. The number of hydrogen-bond acceptors (Lipinski definition) is 3. The van der Waals surface area contributed by atoms with Gasteiger partial charge in [-0.15, -0.1) is 0 Å². The minimum Gasteiger partial charge on any atom is -0.353 e. The highest BCUT2D eigenvalue weighted by Crippen LogP contribution is 2.15. The third-order valence-corrected chi connectivity index (χ3v) is 4.09. The molecule has 0 aromatic carbocycles. The van der Waals surface area contributed by atoms with Crippen LogP contribution in [0.5, 0.6) is 0 Å². The van der Waals surface area contributed by atoms with Gasteiger partial charge in [0.2, 0.25) is 5.91 Å². The van der Waals surface area contributed by atoms with E-state index < -0.39 is 0 Å². The third kappa shape index (κ3) is 3.82. The summed E-state index contributed by atoms with van der Waals surface area (Å²) < 4.78 is 1.77. The molecule has 1 aromatic rings. The number of carbonyl (C=O) groups excluding carboxylic acids is 1. The van der Waals surface area contributed by atoms with Crippen molar-refractivity contribution in [3.63, 3.8) is 0 Å². The summed E-state index contributed by atoms with van der Waals surface area (Å²) in [7, 11) is 0. The number of amides is 1. The zero-order valence-electron chi connectivity index (χ0n) is 12.9. The van der Waals surface area contributed by atoms with Crippen molar-refractivity contribution in [3.05, 3.63) is 17.5 Å². The van der Waals surface area contributed by atoms with E-state index in [1.807, 2.05) is 19.9 Å². The van der Waals surface area contributed by atoms with E-state index in [-0.39, 0.29) is 5.91 Å². The molecule has 20 heavy (non-hydrogen) atoms. The highest BCUT2D eigenvalue weighted by atomic mass is 16.2. The first-order valence-corrected chi connectivity index (χ1v) is 7.62. The van der Waals surface area contributed by atoms with E-state index in [0.29, 0.717) is 12.6 Å². The maximum absolute atomic E-state index is 12.0. The molecular weight excluding hydrogens is 252 g/mol. The molecule has 112 valence electrons. The molecule has 1 amide bonds. The number of rotatable bonds is 5. The fraction of sp³-hybridized carbons (Fsp3) is 0.733. The van der Waals surface area contributed by atoms with Gasteiger partial charge in [-0.05, 0) is 45.8 Å². The Morgan fingerprint density at radius 3 is 2.90 bits per heavy atom. The van der Waals surface area contributed by atoms with E-state index in [1.165, 1.54) is 19.3 Å². The zero-order valence-corrected chi connectivity index (χ0v) is 12.9. The van der Waals surface area contributed by atoms with Crippen molar-refractivity contribution >= 4 is 5.91 Å². The van der Waals surface area contributed by atoms with Gasteiger partial charge in [-0.25, -0.2) is 0 Å². The number of likely N-dealkylation sites (tertiary alicyclic amines) is 1. The molecule has 0 radical (unpaired) electrons. The molecule has 1 aromatic heterocycles. The van der Waals surface area contributed by atoms with Crippen molar-refractivity contribution in [2.24, 2.45) is 0 Å². The summed E-state index contributed by atoms with van der Waals surface area (Å²) in [4.78, 5) is 14.5. The van der Waals surface area contributed by atoms with E-state index in [0.717, 1.165) is 31.0 Å². The summed E-state index contributed by atoms with van der Waals surface area (Å²) in [5, 5.41) is 7.38. The minimum absolute atomic E-state index is 0.0535. The number of nitrogens with one attached hydrogen (secondary N) is 1. The molecular formula is C15H26N4O. The lowest BCUT2D eigenvalue weighted by Gasteiger charge is -2.34. The van der Waals surface area contributed by atoms with Crippen molar-refractivity contribution in [2.45, 2.75) is 52.6 Å². The number of nitrogens with zero attached hydrogens (tertiary/aromatic N) is 3. The predicted octanol–water partition coefficient (Wildman–Crippen LogP) is 1.49. The predicted molar refractivity (Wildman–Crippen MR) is 79.6 cm³/mol. The van der Waals surface area contributed by atoms with Crippen LogP contribution in [0.25, 0.3) is 0 Å². The molecule has 0 unspecified atom stereocenters. The molecule has 0 aliphatic carbocycles. The molecule has 1 N–H and O–H groups in total. The second-order valence-electron chi connectivity index (χ2n) is 5.67. The van der Waals surface area contributed by atoms with Crippen LogP contribution in [0.1, 0.15) is 37.6 Å². The summed E-state index contributed by atoms with van der Waals surface area (Å²) >= 11 is 0. The lowest BCUT2D eigenvalue weighted by molar-refractivity contribution is -0.122. The van der Waals surface area contributed by atoms with E-state index >= 15 is 0 Å². The summed E-state index contributed by atoms with van der Waals surface area (Å²) in [6, 6.07) is 2.49. The van der Waals surface area contributed by atoms with Crippen LogP contribution in [-0.4, -0.2) is 46.3 Å². The van der Waals surface area contributed by atoms with Gasteiger partial charge >= 0.3 is 0 Å². The molecule has 2 rings (SSSR count). The molecule has 2 heterocycles. The molecule has 5 nitrogen and oxygen atoms in total. The number of carbonyl (C=O) groups is 1. The number of hydrogen-bond donors (Lipinski definition) is 1. The highest BCUT2D eigenvalue weighted by molar-refractivity contribution is 5.75. The lowest BCUT2D eigenvalue weighted by Crippen LogP contribution is -2.47. The molecule has 1 aliphatic rings. The Morgan fingerprint density at radius 2 is 2.25 bits per heavy atom. The fourth-order valence-electron chi connectivity index (χ4n) is 2.97. The van der Waals surface area contributed by atoms with Crippen molar-refractivity contribution in [1.29, 1.82) is 0 Å². The third-order valence-electron chi connectivity index (χ3n) is 4.09. The summed E-state index contributed by atoms with van der Waals surface area (Å²) in [6.45, 7) is 9.42. The number of piperidine rings is 1. The average molecular weight is 278 g/mol. The van der Waals surface area contributed by atoms with Gasteiger partial charge in [-0.3, -0.25) is 14.4 Å². The summed E-state index contributed by atoms with van der Waals surface area (Å²) in [6.07, 6.45) is 3.74. The van der Waals surface area contributed by atoms with Gasteiger partial charge in [-0.2, -0.15) is 5.10 Å². The molecule has 1 fully saturated rings. The van der Waals surface area contributed by atoms with E-state index in [4.69, 9.17) is 0 Å². The van der Waals surface area contributed by atoms with Crippen molar-refractivity contribution < 1.29 is 4.79 Å². The number of likely N-dealkylation sites (N-methyl/N-ethyl adjacent to an activating group) is 1. The molecule has 1 aliphatic heterocycles. The molecule has 1 atom stereocenters. The van der Waals surface area contributed by atoms with Crippen molar-refractivity contribution in [3.8, 4) is 0 Å². The standard InChI is InChI=1S/C15H26N4O/c1-4-18-8-6-5-7-14(18)10-16-15(20)11-19-13(3)9-12(2)17-19/h9,14H,4-8,10-11H2,1-3H3,(H,16,20)/t14-/m1/s1. The van der Waals surface area contributed by atoms with E-state index in [2.05, 4.69) is 22.2 Å². The van der Waals surface area contributed by atoms with E-state index in [1.54, 1.807) is 4.68 Å². The van der Waals surface area contributed by atoms with Gasteiger partial charge in [0.05, 0.1) is 5.69 Å². The minimum atomic E-state index is 0.0535. The second-order valence-corrected chi connectivity index (χ2v) is 5.67. The van der Waals surface area contributed by atoms with Crippen molar-refractivity contribution in [2.75, 3.05) is 19.6 Å². The van der Waals surface area contributed by atoms with Gasteiger partial charge in [0.15, 0.2) is 0 Å². The van der Waals surface area contributed by atoms with Crippen LogP contribution in [0.15, 0.2) is 6.07 Å². The Kier molecular flexibility index (Phi) is 5.17. The van der Waals surface area contributed by atoms with Gasteiger partial charge in [0, 0.05) is 18.3 Å². The average Bonchev–Trinajstić information content (AvgIpc) is 2.75. The van der Waals surface area contributed by atoms with E-state index in [9.17, 15) is 4.79 Å². The largest absolute Gasteiger partial charge is 0.353 e. The van der Waals surface area contributed by atoms with Crippen LogP contribution < -0.4 is 5.32 Å². The van der Waals surface area contributed by atoms with Gasteiger partial charge in [0.25, 0.3) is 0 Å². The van der Waals surface area contributed by atoms with Crippen LogP contribution in [0.2, 0.25) is 0 Å². The first kappa shape index (κ1) is 15.0. The first-order valence-electron chi connectivity index (χ1n) is 7.62. The Morgan fingerprint density at radius 1 is 1.45 bits per heavy atom. The van der Waals surface area contributed by atoms with Gasteiger partial charge < -0.3 is 5.32 Å². The summed E-state index contributed by atoms with van der Waals surface area (Å²) in [5.74, 6) is 0.0535. The Hall–Kier alpha value is -1.36. The topological polar surface area (TPSA) is 50.2 Å². The van der Waals surface area contributed by atoms with Crippen LogP contribution in [-0.2, 0) is 11.3 Å². The smallest absolute Gasteiger partial charge is 0.241 e. The van der Waals surface area contributed by atoms with Crippen LogP contribution in [0, 0.1) is 13.8 Å². The van der Waals surface area contributed by atoms with Crippen LogP contribution in [0.3, 0.4) is 0 Å². The number of aromatic nitrogens is 2. The van der Waals surface area contributed by atoms with Gasteiger partial charge in [0.1, 0.15) is 6.54 Å². The molecule has 0 spiro atoms. The number of aryl methyl sites for hydroxylation is 2. The maximum atomic E-state index is 12.0. The molecule has 0 bridgehead atoms. The van der Waals surface area contributed by atoms with Gasteiger partial charge in [-0.1, -0.05) is 13.3 Å². The lowest BCUT2D eigenvalue weighted by atomic mass is 10.0. The normalized spacial score (nSPS) is 20.1. The molecule has 1 saturated heterocycles. The van der Waals surface area contributed by atoms with Crippen molar-refractivity contribution in [1.82, 2.24) is 20.0 Å². The summed E-state index contributed by atoms with van der Waals surface area (Å²) in [5.41, 5.74) is 1.99. The monoisotopic (exact) mass is 278 g/mol. The Labute approximate surface area is 121 Å². The molecule has 5 heteroatoms. The second kappa shape index (κ2) is 6.88. The highest BCUT2D eigenvalue weighted by Gasteiger charge is 2.21. The SMILES string of the molecule is CCN1CCCC[C@@H]1CNC(=O)Cn1nc(C)cc1C. The Bertz CT molecular complexity index is 455.